The average molecular weight is 324 g/mol. The highest BCUT2D eigenvalue weighted by Crippen LogP contribution is 2.41. The Balaban J connectivity index is 1.78. The van der Waals surface area contributed by atoms with E-state index in [0.717, 1.165) is 17.9 Å². The quantitative estimate of drug-likeness (QED) is 0.639. The molecule has 136 valence electrons. The molecule has 2 nitrogen and oxygen atoms in total. The molecule has 0 aliphatic heterocycles. The fraction of sp³-hybridized carbons (Fsp3) is 1.00. The second-order valence-corrected chi connectivity index (χ2v) is 9.81. The predicted molar refractivity (Wildman–Crippen MR) is 99.8 cm³/mol. The first-order valence-corrected chi connectivity index (χ1v) is 10.1. The van der Waals surface area contributed by atoms with Crippen LogP contribution in [0.1, 0.15) is 87.0 Å². The average Bonchev–Trinajstić information content (AvgIpc) is 2.39. The summed E-state index contributed by atoms with van der Waals surface area (Å²) in [6, 6.07) is 1.43. The molecular weight excluding hydrogens is 282 g/mol. The van der Waals surface area contributed by atoms with Crippen molar-refractivity contribution in [2.45, 2.75) is 111 Å². The van der Waals surface area contributed by atoms with E-state index in [1.807, 2.05) is 0 Å². The number of rotatable bonds is 6. The van der Waals surface area contributed by atoms with E-state index in [4.69, 9.17) is 4.74 Å². The maximum absolute atomic E-state index is 5.96. The van der Waals surface area contributed by atoms with Crippen LogP contribution in [0.4, 0.5) is 0 Å². The van der Waals surface area contributed by atoms with Crippen LogP contribution in [0.5, 0.6) is 0 Å². The standard InChI is InChI=1S/C21H41NO/c1-15(2)22(19-12-20(13-19)23-16(3)4)14-17-8-10-18(11-9-17)21(5,6)7/h15-20H,8-14H2,1-7H3. The van der Waals surface area contributed by atoms with Gasteiger partial charge in [0, 0.05) is 18.6 Å². The summed E-state index contributed by atoms with van der Waals surface area (Å²) in [6.45, 7) is 17.6. The van der Waals surface area contributed by atoms with Crippen molar-refractivity contribution < 1.29 is 4.74 Å². The van der Waals surface area contributed by atoms with Gasteiger partial charge in [-0.15, -0.1) is 0 Å². The van der Waals surface area contributed by atoms with Crippen LogP contribution in [-0.2, 0) is 4.74 Å². The van der Waals surface area contributed by atoms with Gasteiger partial charge in [0.1, 0.15) is 0 Å². The molecule has 23 heavy (non-hydrogen) atoms. The van der Waals surface area contributed by atoms with Gasteiger partial charge in [-0.3, -0.25) is 4.90 Å². The molecule has 2 saturated carbocycles. The van der Waals surface area contributed by atoms with E-state index in [2.05, 4.69) is 53.4 Å². The summed E-state index contributed by atoms with van der Waals surface area (Å²) >= 11 is 0. The van der Waals surface area contributed by atoms with E-state index < -0.39 is 0 Å². The van der Waals surface area contributed by atoms with Crippen molar-refractivity contribution in [1.29, 1.82) is 0 Å². The first kappa shape index (κ1) is 19.2. The van der Waals surface area contributed by atoms with Crippen molar-refractivity contribution in [3.8, 4) is 0 Å². The summed E-state index contributed by atoms with van der Waals surface area (Å²) in [4.78, 5) is 2.78. The van der Waals surface area contributed by atoms with E-state index in [0.29, 0.717) is 23.7 Å². The Morgan fingerprint density at radius 3 is 1.96 bits per heavy atom. The molecule has 0 atom stereocenters. The largest absolute Gasteiger partial charge is 0.375 e. The molecule has 0 unspecified atom stereocenters. The smallest absolute Gasteiger partial charge is 0.0608 e. The lowest BCUT2D eigenvalue weighted by Gasteiger charge is -2.47. The minimum absolute atomic E-state index is 0.376. The van der Waals surface area contributed by atoms with Crippen molar-refractivity contribution in [2.75, 3.05) is 6.54 Å². The van der Waals surface area contributed by atoms with Crippen LogP contribution in [0.15, 0.2) is 0 Å². The Morgan fingerprint density at radius 2 is 1.52 bits per heavy atom. The van der Waals surface area contributed by atoms with Crippen LogP contribution < -0.4 is 0 Å². The zero-order chi connectivity index (χ0) is 17.2. The number of hydrogen-bond acceptors (Lipinski definition) is 2. The van der Waals surface area contributed by atoms with E-state index in [1.165, 1.54) is 45.1 Å². The second kappa shape index (κ2) is 7.87. The molecule has 0 aromatic heterocycles. The van der Waals surface area contributed by atoms with Gasteiger partial charge in [0.2, 0.25) is 0 Å². The molecule has 2 aliphatic carbocycles. The van der Waals surface area contributed by atoms with E-state index >= 15 is 0 Å². The topological polar surface area (TPSA) is 12.5 Å². The summed E-state index contributed by atoms with van der Waals surface area (Å²) in [7, 11) is 0. The van der Waals surface area contributed by atoms with Gasteiger partial charge in [0.15, 0.2) is 0 Å². The lowest BCUT2D eigenvalue weighted by Crippen LogP contribution is -2.53. The molecule has 2 aliphatic rings. The Bertz CT molecular complexity index is 343. The van der Waals surface area contributed by atoms with Gasteiger partial charge in [-0.25, -0.2) is 0 Å². The second-order valence-electron chi connectivity index (χ2n) is 9.81. The van der Waals surface area contributed by atoms with E-state index in [-0.39, 0.29) is 0 Å². The van der Waals surface area contributed by atoms with Crippen LogP contribution in [0.2, 0.25) is 0 Å². The zero-order valence-corrected chi connectivity index (χ0v) is 16.8. The third-order valence-electron chi connectivity index (χ3n) is 6.21. The Morgan fingerprint density at radius 1 is 0.957 bits per heavy atom. The molecule has 2 heteroatoms. The van der Waals surface area contributed by atoms with Gasteiger partial charge in [-0.1, -0.05) is 20.8 Å². The van der Waals surface area contributed by atoms with Crippen LogP contribution >= 0.6 is 0 Å². The van der Waals surface area contributed by atoms with Gasteiger partial charge in [0.25, 0.3) is 0 Å². The zero-order valence-electron chi connectivity index (χ0n) is 16.8. The minimum atomic E-state index is 0.376. The van der Waals surface area contributed by atoms with Crippen molar-refractivity contribution in [1.82, 2.24) is 4.90 Å². The molecule has 0 aromatic carbocycles. The summed E-state index contributed by atoms with van der Waals surface area (Å²) in [6.07, 6.45) is 9.11. The highest BCUT2D eigenvalue weighted by molar-refractivity contribution is 4.91. The van der Waals surface area contributed by atoms with Gasteiger partial charge >= 0.3 is 0 Å². The van der Waals surface area contributed by atoms with E-state index in [1.54, 1.807) is 0 Å². The van der Waals surface area contributed by atoms with Crippen molar-refractivity contribution >= 4 is 0 Å². The molecule has 0 N–H and O–H groups in total. The molecule has 0 spiro atoms. The normalized spacial score (nSPS) is 32.6. The van der Waals surface area contributed by atoms with Crippen LogP contribution in [0.3, 0.4) is 0 Å². The first-order chi connectivity index (χ1) is 10.7. The maximum Gasteiger partial charge on any atom is 0.0608 e. The monoisotopic (exact) mass is 323 g/mol. The van der Waals surface area contributed by atoms with Crippen molar-refractivity contribution in [2.24, 2.45) is 17.3 Å². The Labute approximate surface area is 145 Å². The van der Waals surface area contributed by atoms with Crippen LogP contribution in [0, 0.1) is 17.3 Å². The molecule has 0 bridgehead atoms. The summed E-state index contributed by atoms with van der Waals surface area (Å²) in [5, 5.41) is 0. The van der Waals surface area contributed by atoms with Crippen LogP contribution in [-0.4, -0.2) is 35.7 Å². The summed E-state index contributed by atoms with van der Waals surface area (Å²) in [5.74, 6) is 1.85. The third kappa shape index (κ3) is 5.46. The van der Waals surface area contributed by atoms with E-state index in [9.17, 15) is 0 Å². The predicted octanol–water partition coefficient (Wildman–Crippen LogP) is 5.51. The van der Waals surface area contributed by atoms with Gasteiger partial charge in [-0.05, 0) is 83.5 Å². The Hall–Kier alpha value is -0.0800. The molecular formula is C21H41NO. The molecule has 0 aromatic rings. The van der Waals surface area contributed by atoms with Gasteiger partial charge in [-0.2, -0.15) is 0 Å². The third-order valence-corrected chi connectivity index (χ3v) is 6.21. The lowest BCUT2D eigenvalue weighted by atomic mass is 9.69. The fourth-order valence-electron chi connectivity index (χ4n) is 4.60. The Kier molecular flexibility index (Phi) is 6.58. The molecule has 0 radical (unpaired) electrons. The molecule has 2 fully saturated rings. The number of ether oxygens (including phenoxy) is 1. The highest BCUT2D eigenvalue weighted by Gasteiger charge is 2.37. The fourth-order valence-corrected chi connectivity index (χ4v) is 4.60. The van der Waals surface area contributed by atoms with Crippen molar-refractivity contribution in [3.05, 3.63) is 0 Å². The SMILES string of the molecule is CC(C)OC1CC(N(CC2CCC(C(C)(C)C)CC2)C(C)C)C1. The summed E-state index contributed by atoms with van der Waals surface area (Å²) in [5.41, 5.74) is 0.498. The van der Waals surface area contributed by atoms with Crippen LogP contribution in [0.25, 0.3) is 0 Å². The highest BCUT2D eigenvalue weighted by atomic mass is 16.5. The van der Waals surface area contributed by atoms with Crippen molar-refractivity contribution in [3.63, 3.8) is 0 Å². The molecule has 0 amide bonds. The molecule has 2 rings (SSSR count). The molecule has 0 heterocycles. The van der Waals surface area contributed by atoms with Gasteiger partial charge in [0.05, 0.1) is 12.2 Å². The number of nitrogens with zero attached hydrogens (tertiary/aromatic N) is 1. The minimum Gasteiger partial charge on any atom is -0.375 e. The summed E-state index contributed by atoms with van der Waals surface area (Å²) < 4.78 is 5.96. The number of hydrogen-bond donors (Lipinski definition) is 0. The molecule has 0 saturated heterocycles. The lowest BCUT2D eigenvalue weighted by molar-refractivity contribution is -0.0860. The first-order valence-electron chi connectivity index (χ1n) is 10.1. The van der Waals surface area contributed by atoms with Gasteiger partial charge < -0.3 is 4.74 Å². The maximum atomic E-state index is 5.96.